The van der Waals surface area contributed by atoms with Crippen molar-refractivity contribution in [2.24, 2.45) is 0 Å². The molecule has 128 valence electrons. The lowest BCUT2D eigenvalue weighted by atomic mass is 10.1. The maximum Gasteiger partial charge on any atom is 0.417 e. The first-order chi connectivity index (χ1) is 11.8. The van der Waals surface area contributed by atoms with E-state index < -0.39 is 11.7 Å². The fourth-order valence-electron chi connectivity index (χ4n) is 2.34. The molecule has 0 saturated carbocycles. The lowest BCUT2D eigenvalue weighted by Crippen LogP contribution is -2.23. The van der Waals surface area contributed by atoms with Crippen molar-refractivity contribution >= 4 is 16.8 Å². The van der Waals surface area contributed by atoms with Crippen LogP contribution in [0.5, 0.6) is 0 Å². The topological polar surface area (TPSA) is 54.9 Å². The standard InChI is InChI=1S/C18H14F3N3O/c1-11-2-3-12-8-13(4-7-16(12)24-11)17(25)23-10-15-6-5-14(9-22-15)18(19,20)21/h2-9H,10H2,1H3,(H,23,25). The van der Waals surface area contributed by atoms with Gasteiger partial charge in [-0.15, -0.1) is 0 Å². The van der Waals surface area contributed by atoms with Crippen molar-refractivity contribution in [3.8, 4) is 0 Å². The van der Waals surface area contributed by atoms with Gasteiger partial charge in [0.05, 0.1) is 23.3 Å². The average molecular weight is 345 g/mol. The van der Waals surface area contributed by atoms with Gasteiger partial charge >= 0.3 is 6.18 Å². The van der Waals surface area contributed by atoms with E-state index in [1.54, 1.807) is 18.2 Å². The first-order valence-corrected chi connectivity index (χ1v) is 7.51. The number of amides is 1. The van der Waals surface area contributed by atoms with Gasteiger partial charge in [0.25, 0.3) is 5.91 Å². The van der Waals surface area contributed by atoms with Gasteiger partial charge in [0.15, 0.2) is 0 Å². The van der Waals surface area contributed by atoms with Crippen molar-refractivity contribution in [2.75, 3.05) is 0 Å². The molecule has 0 fully saturated rings. The number of hydrogen-bond acceptors (Lipinski definition) is 3. The zero-order chi connectivity index (χ0) is 18.0. The van der Waals surface area contributed by atoms with Gasteiger partial charge in [0, 0.05) is 22.8 Å². The summed E-state index contributed by atoms with van der Waals surface area (Å²) in [5, 5.41) is 3.49. The van der Waals surface area contributed by atoms with Crippen molar-refractivity contribution in [3.63, 3.8) is 0 Å². The van der Waals surface area contributed by atoms with Gasteiger partial charge in [-0.25, -0.2) is 0 Å². The van der Waals surface area contributed by atoms with Crippen LogP contribution in [-0.4, -0.2) is 15.9 Å². The fraction of sp³-hybridized carbons (Fsp3) is 0.167. The smallest absolute Gasteiger partial charge is 0.346 e. The summed E-state index contributed by atoms with van der Waals surface area (Å²) >= 11 is 0. The van der Waals surface area contributed by atoms with Crippen molar-refractivity contribution in [2.45, 2.75) is 19.6 Å². The van der Waals surface area contributed by atoms with Crippen LogP contribution in [0.1, 0.15) is 27.3 Å². The number of carbonyl (C=O) groups excluding carboxylic acids is 1. The summed E-state index contributed by atoms with van der Waals surface area (Å²) in [4.78, 5) is 20.3. The molecule has 3 rings (SSSR count). The molecule has 0 aliphatic rings. The first kappa shape index (κ1) is 16.9. The number of nitrogens with zero attached hydrogens (tertiary/aromatic N) is 2. The summed E-state index contributed by atoms with van der Waals surface area (Å²) in [7, 11) is 0. The largest absolute Gasteiger partial charge is 0.417 e. The average Bonchev–Trinajstić information content (AvgIpc) is 2.58. The third-order valence-electron chi connectivity index (χ3n) is 3.67. The maximum atomic E-state index is 12.5. The van der Waals surface area contributed by atoms with E-state index in [2.05, 4.69) is 15.3 Å². The molecule has 0 aliphatic carbocycles. The Balaban J connectivity index is 1.69. The second-order valence-corrected chi connectivity index (χ2v) is 5.58. The van der Waals surface area contributed by atoms with E-state index in [0.29, 0.717) is 11.3 Å². The monoisotopic (exact) mass is 345 g/mol. The van der Waals surface area contributed by atoms with E-state index >= 15 is 0 Å². The molecule has 0 atom stereocenters. The van der Waals surface area contributed by atoms with Crippen molar-refractivity contribution in [1.29, 1.82) is 0 Å². The van der Waals surface area contributed by atoms with Crippen LogP contribution in [0, 0.1) is 6.92 Å². The molecule has 1 N–H and O–H groups in total. The molecular weight excluding hydrogens is 331 g/mol. The van der Waals surface area contributed by atoms with Crippen LogP contribution < -0.4 is 5.32 Å². The van der Waals surface area contributed by atoms with Crippen LogP contribution in [0.15, 0.2) is 48.7 Å². The van der Waals surface area contributed by atoms with Gasteiger partial charge < -0.3 is 5.32 Å². The van der Waals surface area contributed by atoms with Crippen LogP contribution in [-0.2, 0) is 12.7 Å². The number of aromatic nitrogens is 2. The van der Waals surface area contributed by atoms with E-state index in [4.69, 9.17) is 0 Å². The molecule has 1 amide bonds. The number of alkyl halides is 3. The highest BCUT2D eigenvalue weighted by atomic mass is 19.4. The fourth-order valence-corrected chi connectivity index (χ4v) is 2.34. The third kappa shape index (κ3) is 3.93. The van der Waals surface area contributed by atoms with Gasteiger partial charge in [-0.1, -0.05) is 6.07 Å². The first-order valence-electron chi connectivity index (χ1n) is 7.51. The van der Waals surface area contributed by atoms with Gasteiger partial charge in [0.2, 0.25) is 0 Å². The number of aryl methyl sites for hydroxylation is 1. The number of hydrogen-bond donors (Lipinski definition) is 1. The summed E-state index contributed by atoms with van der Waals surface area (Å²) in [6, 6.07) is 11.1. The molecule has 0 unspecified atom stereocenters. The van der Waals surface area contributed by atoms with E-state index in [-0.39, 0.29) is 12.5 Å². The van der Waals surface area contributed by atoms with Crippen LogP contribution in [0.25, 0.3) is 10.9 Å². The van der Waals surface area contributed by atoms with Crippen LogP contribution in [0.4, 0.5) is 13.2 Å². The number of halogens is 3. The molecule has 0 spiro atoms. The van der Waals surface area contributed by atoms with E-state index in [1.807, 2.05) is 19.1 Å². The summed E-state index contributed by atoms with van der Waals surface area (Å²) in [5.41, 5.74) is 1.66. The maximum absolute atomic E-state index is 12.5. The van der Waals surface area contributed by atoms with Gasteiger partial charge in [0.1, 0.15) is 0 Å². The molecule has 7 heteroatoms. The molecule has 2 heterocycles. The molecule has 4 nitrogen and oxygen atoms in total. The zero-order valence-corrected chi connectivity index (χ0v) is 13.3. The Hall–Kier alpha value is -2.96. The quantitative estimate of drug-likeness (QED) is 0.784. The zero-order valence-electron chi connectivity index (χ0n) is 13.3. The summed E-state index contributed by atoms with van der Waals surface area (Å²) in [6.07, 6.45) is -3.67. The van der Waals surface area contributed by atoms with Gasteiger partial charge in [-0.05, 0) is 43.3 Å². The minimum Gasteiger partial charge on any atom is -0.346 e. The Bertz CT molecular complexity index is 921. The molecule has 2 aromatic heterocycles. The summed E-state index contributed by atoms with van der Waals surface area (Å²) in [5.74, 6) is -0.329. The minimum absolute atomic E-state index is 0.0428. The molecular formula is C18H14F3N3O. The summed E-state index contributed by atoms with van der Waals surface area (Å²) < 4.78 is 37.5. The van der Waals surface area contributed by atoms with Gasteiger partial charge in [-0.2, -0.15) is 13.2 Å². The SMILES string of the molecule is Cc1ccc2cc(C(=O)NCc3ccc(C(F)(F)F)cn3)ccc2n1. The number of fused-ring (bicyclic) bond motifs is 1. The predicted octanol–water partition coefficient (Wildman–Crippen LogP) is 3.89. The van der Waals surface area contributed by atoms with E-state index in [1.165, 1.54) is 6.07 Å². The highest BCUT2D eigenvalue weighted by molar-refractivity contribution is 5.97. The Labute approximate surface area is 141 Å². The number of benzene rings is 1. The van der Waals surface area contributed by atoms with Crippen LogP contribution in [0.2, 0.25) is 0 Å². The molecule has 25 heavy (non-hydrogen) atoms. The number of pyridine rings is 2. The molecule has 0 aliphatic heterocycles. The number of carbonyl (C=O) groups is 1. The normalized spacial score (nSPS) is 11.5. The lowest BCUT2D eigenvalue weighted by molar-refractivity contribution is -0.137. The highest BCUT2D eigenvalue weighted by Gasteiger charge is 2.30. The van der Waals surface area contributed by atoms with Crippen LogP contribution >= 0.6 is 0 Å². The third-order valence-corrected chi connectivity index (χ3v) is 3.67. The molecule has 3 aromatic rings. The molecule has 0 saturated heterocycles. The van der Waals surface area contributed by atoms with Gasteiger partial charge in [-0.3, -0.25) is 14.8 Å². The second-order valence-electron chi connectivity index (χ2n) is 5.58. The van der Waals surface area contributed by atoms with E-state index in [9.17, 15) is 18.0 Å². The summed E-state index contributed by atoms with van der Waals surface area (Å²) in [6.45, 7) is 1.93. The second kappa shape index (κ2) is 6.51. The Morgan fingerprint density at radius 3 is 2.60 bits per heavy atom. The van der Waals surface area contributed by atoms with Crippen molar-refractivity contribution in [1.82, 2.24) is 15.3 Å². The Morgan fingerprint density at radius 1 is 1.12 bits per heavy atom. The minimum atomic E-state index is -4.42. The Morgan fingerprint density at radius 2 is 1.92 bits per heavy atom. The lowest BCUT2D eigenvalue weighted by Gasteiger charge is -2.08. The van der Waals surface area contributed by atoms with Crippen LogP contribution in [0.3, 0.4) is 0 Å². The number of rotatable bonds is 3. The molecule has 0 bridgehead atoms. The highest BCUT2D eigenvalue weighted by Crippen LogP contribution is 2.28. The van der Waals surface area contributed by atoms with Crippen molar-refractivity contribution < 1.29 is 18.0 Å². The molecule has 1 aromatic carbocycles. The van der Waals surface area contributed by atoms with E-state index in [0.717, 1.165) is 28.9 Å². The van der Waals surface area contributed by atoms with Crippen molar-refractivity contribution in [3.05, 3.63) is 71.2 Å². The number of nitrogens with one attached hydrogen (secondary N) is 1. The predicted molar refractivity (Wildman–Crippen MR) is 86.9 cm³/mol. The molecule has 0 radical (unpaired) electrons. The Kier molecular flexibility index (Phi) is 4.39.